The normalized spacial score (nSPS) is 19.8. The minimum Gasteiger partial charge on any atom is -0.395 e. The second kappa shape index (κ2) is 6.04. The van der Waals surface area contributed by atoms with E-state index in [1.54, 1.807) is 0 Å². The lowest BCUT2D eigenvalue weighted by Crippen LogP contribution is -2.36. The summed E-state index contributed by atoms with van der Waals surface area (Å²) in [5, 5.41) is 8.99. The molecule has 3 nitrogen and oxygen atoms in total. The SMILES string of the molecule is Cc1cc(Br)ccc1N1CCC(N(C)CCO)C1. The summed E-state index contributed by atoms with van der Waals surface area (Å²) >= 11 is 3.51. The number of rotatable bonds is 4. The van der Waals surface area contributed by atoms with Gasteiger partial charge in [-0.15, -0.1) is 0 Å². The van der Waals surface area contributed by atoms with Crippen LogP contribution in [0.4, 0.5) is 5.69 Å². The average molecular weight is 313 g/mol. The number of aliphatic hydroxyl groups excluding tert-OH is 1. The van der Waals surface area contributed by atoms with Gasteiger partial charge in [0.2, 0.25) is 0 Å². The van der Waals surface area contributed by atoms with Crippen LogP contribution in [-0.2, 0) is 0 Å². The van der Waals surface area contributed by atoms with Gasteiger partial charge in [0.25, 0.3) is 0 Å². The van der Waals surface area contributed by atoms with Crippen LogP contribution in [0.5, 0.6) is 0 Å². The van der Waals surface area contributed by atoms with Crippen molar-refractivity contribution < 1.29 is 5.11 Å². The summed E-state index contributed by atoms with van der Waals surface area (Å²) in [4.78, 5) is 4.70. The molecule has 1 aromatic rings. The number of hydrogen-bond donors (Lipinski definition) is 1. The number of aliphatic hydroxyl groups is 1. The standard InChI is InChI=1S/C14H21BrN2O/c1-11-9-12(15)3-4-14(11)17-6-5-13(10-17)16(2)7-8-18/h3-4,9,13,18H,5-8,10H2,1-2H3. The number of hydrogen-bond acceptors (Lipinski definition) is 3. The number of halogens is 1. The van der Waals surface area contributed by atoms with Crippen LogP contribution in [0.3, 0.4) is 0 Å². The summed E-state index contributed by atoms with van der Waals surface area (Å²) in [6.07, 6.45) is 1.17. The van der Waals surface area contributed by atoms with E-state index < -0.39 is 0 Å². The molecule has 0 amide bonds. The molecule has 1 aliphatic heterocycles. The van der Waals surface area contributed by atoms with E-state index in [9.17, 15) is 0 Å². The minimum atomic E-state index is 0.240. The molecule has 1 saturated heterocycles. The molecular formula is C14H21BrN2O. The molecule has 1 heterocycles. The lowest BCUT2D eigenvalue weighted by Gasteiger charge is -2.25. The number of anilines is 1. The molecule has 1 unspecified atom stereocenters. The van der Waals surface area contributed by atoms with Crippen LogP contribution in [0, 0.1) is 6.92 Å². The molecule has 1 fully saturated rings. The Hall–Kier alpha value is -0.580. The predicted molar refractivity (Wildman–Crippen MR) is 79.2 cm³/mol. The molecule has 2 rings (SSSR count). The Morgan fingerprint density at radius 3 is 2.94 bits per heavy atom. The lowest BCUT2D eigenvalue weighted by atomic mass is 10.2. The number of likely N-dealkylation sites (N-methyl/N-ethyl adjacent to an activating group) is 1. The third-order valence-corrected chi connectivity index (χ3v) is 4.23. The zero-order valence-corrected chi connectivity index (χ0v) is 12.7. The van der Waals surface area contributed by atoms with E-state index in [0.717, 1.165) is 24.1 Å². The number of nitrogens with zero attached hydrogens (tertiary/aromatic N) is 2. The fraction of sp³-hybridized carbons (Fsp3) is 0.571. The van der Waals surface area contributed by atoms with Crippen molar-refractivity contribution >= 4 is 21.6 Å². The summed E-state index contributed by atoms with van der Waals surface area (Å²) in [6.45, 7) is 5.31. The molecule has 1 aromatic carbocycles. The highest BCUT2D eigenvalue weighted by Crippen LogP contribution is 2.27. The second-order valence-corrected chi connectivity index (χ2v) is 5.94. The van der Waals surface area contributed by atoms with Crippen molar-refractivity contribution in [3.63, 3.8) is 0 Å². The third-order valence-electron chi connectivity index (χ3n) is 3.74. The topological polar surface area (TPSA) is 26.7 Å². The van der Waals surface area contributed by atoms with Gasteiger partial charge in [0.1, 0.15) is 0 Å². The fourth-order valence-corrected chi connectivity index (χ4v) is 3.11. The molecule has 1 N–H and O–H groups in total. The van der Waals surface area contributed by atoms with E-state index >= 15 is 0 Å². The van der Waals surface area contributed by atoms with Crippen molar-refractivity contribution in [1.82, 2.24) is 4.90 Å². The highest BCUT2D eigenvalue weighted by molar-refractivity contribution is 9.10. The van der Waals surface area contributed by atoms with Gasteiger partial charge in [-0.3, -0.25) is 4.90 Å². The molecule has 0 bridgehead atoms. The Balaban J connectivity index is 2.04. The maximum Gasteiger partial charge on any atom is 0.0558 e. The summed E-state index contributed by atoms with van der Waals surface area (Å²) in [5.41, 5.74) is 2.65. The van der Waals surface area contributed by atoms with Crippen molar-refractivity contribution in [3.8, 4) is 0 Å². The van der Waals surface area contributed by atoms with E-state index in [1.807, 2.05) is 0 Å². The van der Waals surface area contributed by atoms with Gasteiger partial charge in [0.15, 0.2) is 0 Å². The first-order valence-corrected chi connectivity index (χ1v) is 7.23. The zero-order chi connectivity index (χ0) is 13.1. The Bertz CT molecular complexity index is 411. The van der Waals surface area contributed by atoms with Crippen molar-refractivity contribution in [1.29, 1.82) is 0 Å². The van der Waals surface area contributed by atoms with E-state index in [2.05, 4.69) is 57.9 Å². The first kappa shape index (κ1) is 13.8. The molecule has 18 heavy (non-hydrogen) atoms. The van der Waals surface area contributed by atoms with E-state index in [0.29, 0.717) is 6.04 Å². The van der Waals surface area contributed by atoms with Crippen LogP contribution in [0.25, 0.3) is 0 Å². The molecule has 1 atom stereocenters. The first-order chi connectivity index (χ1) is 8.61. The number of aryl methyl sites for hydroxylation is 1. The minimum absolute atomic E-state index is 0.240. The predicted octanol–water partition coefficient (Wildman–Crippen LogP) is 2.26. The highest BCUT2D eigenvalue weighted by atomic mass is 79.9. The lowest BCUT2D eigenvalue weighted by molar-refractivity contribution is 0.188. The second-order valence-electron chi connectivity index (χ2n) is 5.02. The third kappa shape index (κ3) is 3.05. The van der Waals surface area contributed by atoms with Crippen molar-refractivity contribution in [2.75, 3.05) is 38.2 Å². The summed E-state index contributed by atoms with van der Waals surface area (Å²) in [7, 11) is 2.10. The van der Waals surface area contributed by atoms with Gasteiger partial charge in [0, 0.05) is 35.8 Å². The molecule has 100 valence electrons. The first-order valence-electron chi connectivity index (χ1n) is 6.44. The molecule has 0 aromatic heterocycles. The Morgan fingerprint density at radius 2 is 2.28 bits per heavy atom. The zero-order valence-electron chi connectivity index (χ0n) is 11.1. The van der Waals surface area contributed by atoms with Gasteiger partial charge in [-0.1, -0.05) is 15.9 Å². The van der Waals surface area contributed by atoms with Crippen LogP contribution in [0.15, 0.2) is 22.7 Å². The van der Waals surface area contributed by atoms with Gasteiger partial charge in [-0.25, -0.2) is 0 Å². The smallest absolute Gasteiger partial charge is 0.0558 e. The summed E-state index contributed by atoms with van der Waals surface area (Å²) in [5.74, 6) is 0. The Labute approximate surface area is 118 Å². The fourth-order valence-electron chi connectivity index (χ4n) is 2.63. The van der Waals surface area contributed by atoms with Crippen LogP contribution >= 0.6 is 15.9 Å². The van der Waals surface area contributed by atoms with Gasteiger partial charge >= 0.3 is 0 Å². The van der Waals surface area contributed by atoms with E-state index in [-0.39, 0.29) is 6.61 Å². The Kier molecular flexibility index (Phi) is 4.65. The molecule has 0 aliphatic carbocycles. The molecule has 0 radical (unpaired) electrons. The van der Waals surface area contributed by atoms with Crippen LogP contribution in [0.1, 0.15) is 12.0 Å². The van der Waals surface area contributed by atoms with E-state index in [1.165, 1.54) is 17.7 Å². The molecule has 0 spiro atoms. The van der Waals surface area contributed by atoms with E-state index in [4.69, 9.17) is 5.11 Å². The van der Waals surface area contributed by atoms with Gasteiger partial charge in [-0.05, 0) is 44.2 Å². The number of benzene rings is 1. The van der Waals surface area contributed by atoms with Crippen LogP contribution < -0.4 is 4.90 Å². The molecule has 1 aliphatic rings. The molecule has 0 saturated carbocycles. The average Bonchev–Trinajstić information content (AvgIpc) is 2.78. The quantitative estimate of drug-likeness (QED) is 0.924. The van der Waals surface area contributed by atoms with Gasteiger partial charge in [0.05, 0.1) is 6.61 Å². The van der Waals surface area contributed by atoms with Crippen molar-refractivity contribution in [2.24, 2.45) is 0 Å². The van der Waals surface area contributed by atoms with Crippen molar-refractivity contribution in [2.45, 2.75) is 19.4 Å². The monoisotopic (exact) mass is 312 g/mol. The van der Waals surface area contributed by atoms with Crippen LogP contribution in [-0.4, -0.2) is 49.3 Å². The van der Waals surface area contributed by atoms with Gasteiger partial charge in [-0.2, -0.15) is 0 Å². The van der Waals surface area contributed by atoms with Gasteiger partial charge < -0.3 is 10.0 Å². The Morgan fingerprint density at radius 1 is 1.50 bits per heavy atom. The maximum atomic E-state index is 8.99. The molecule has 4 heteroatoms. The summed E-state index contributed by atoms with van der Waals surface area (Å²) in [6, 6.07) is 7.02. The summed E-state index contributed by atoms with van der Waals surface area (Å²) < 4.78 is 1.14. The highest BCUT2D eigenvalue weighted by Gasteiger charge is 2.26. The van der Waals surface area contributed by atoms with Crippen LogP contribution in [0.2, 0.25) is 0 Å². The maximum absolute atomic E-state index is 8.99. The largest absolute Gasteiger partial charge is 0.395 e. The molecular weight excluding hydrogens is 292 g/mol. The van der Waals surface area contributed by atoms with Crippen molar-refractivity contribution in [3.05, 3.63) is 28.2 Å².